The highest BCUT2D eigenvalue weighted by Crippen LogP contribution is 2.36. The molecule has 1 aromatic rings. The third-order valence-corrected chi connectivity index (χ3v) is 3.93. The van der Waals surface area contributed by atoms with Crippen molar-refractivity contribution in [2.24, 2.45) is 16.4 Å². The molecule has 0 saturated heterocycles. The van der Waals surface area contributed by atoms with Crippen LogP contribution in [0.15, 0.2) is 29.4 Å². The highest BCUT2D eigenvalue weighted by Gasteiger charge is 2.29. The monoisotopic (exact) mass is 292 g/mol. The molecule has 1 saturated carbocycles. The Labute approximate surface area is 125 Å². The minimum absolute atomic E-state index is 0.251. The van der Waals surface area contributed by atoms with E-state index in [1.54, 1.807) is 24.3 Å². The summed E-state index contributed by atoms with van der Waals surface area (Å²) in [7, 11) is 0. The zero-order chi connectivity index (χ0) is 14.8. The van der Waals surface area contributed by atoms with Crippen LogP contribution in [0.4, 0.5) is 0 Å². The van der Waals surface area contributed by atoms with E-state index in [2.05, 4.69) is 31.3 Å². The lowest BCUT2D eigenvalue weighted by Gasteiger charge is -2.34. The summed E-state index contributed by atoms with van der Waals surface area (Å²) in [4.78, 5) is 12.0. The lowest BCUT2D eigenvalue weighted by molar-refractivity contribution is 0.0954. The smallest absolute Gasteiger partial charge is 0.267 e. The van der Waals surface area contributed by atoms with E-state index >= 15 is 0 Å². The number of hydrogen-bond acceptors (Lipinski definition) is 2. The average Bonchev–Trinajstić information content (AvgIpc) is 2.34. The van der Waals surface area contributed by atoms with Gasteiger partial charge in [-0.2, -0.15) is 5.10 Å². The Bertz CT molecular complexity index is 537. The van der Waals surface area contributed by atoms with Crippen molar-refractivity contribution in [1.29, 1.82) is 0 Å². The summed E-state index contributed by atoms with van der Waals surface area (Å²) in [6.07, 6.45) is 3.08. The molecule has 1 aromatic carbocycles. The fraction of sp³-hybridized carbons (Fsp3) is 0.500. The molecule has 1 amide bonds. The van der Waals surface area contributed by atoms with Crippen LogP contribution in [0.1, 0.15) is 50.4 Å². The fourth-order valence-corrected chi connectivity index (χ4v) is 3.26. The van der Waals surface area contributed by atoms with Crippen LogP contribution in [0.5, 0.6) is 0 Å². The third-order valence-electron chi connectivity index (χ3n) is 3.60. The predicted octanol–water partition coefficient (Wildman–Crippen LogP) is 4.27. The van der Waals surface area contributed by atoms with Gasteiger partial charge in [-0.3, -0.25) is 4.79 Å². The van der Waals surface area contributed by atoms with Gasteiger partial charge in [-0.05, 0) is 42.7 Å². The van der Waals surface area contributed by atoms with Crippen molar-refractivity contribution in [2.45, 2.75) is 40.0 Å². The first-order valence-electron chi connectivity index (χ1n) is 6.98. The quantitative estimate of drug-likeness (QED) is 0.813. The van der Waals surface area contributed by atoms with Gasteiger partial charge < -0.3 is 0 Å². The second kappa shape index (κ2) is 5.96. The Hall–Kier alpha value is -1.35. The molecule has 0 unspecified atom stereocenters. The van der Waals surface area contributed by atoms with Crippen LogP contribution in [0.3, 0.4) is 0 Å². The van der Waals surface area contributed by atoms with Crippen molar-refractivity contribution in [2.75, 3.05) is 0 Å². The normalized spacial score (nSPS) is 23.6. The van der Waals surface area contributed by atoms with Gasteiger partial charge in [0.1, 0.15) is 0 Å². The van der Waals surface area contributed by atoms with E-state index in [9.17, 15) is 4.79 Å². The molecule has 0 heterocycles. The summed E-state index contributed by atoms with van der Waals surface area (Å²) in [6, 6.07) is 7.00. The second-order valence-corrected chi connectivity index (χ2v) is 6.86. The van der Waals surface area contributed by atoms with Gasteiger partial charge >= 0.3 is 0 Å². The molecule has 20 heavy (non-hydrogen) atoms. The number of nitrogens with one attached hydrogen (secondary N) is 1. The zero-order valence-electron chi connectivity index (χ0n) is 12.2. The number of benzene rings is 1. The molecule has 1 N–H and O–H groups in total. The lowest BCUT2D eigenvalue weighted by atomic mass is 9.72. The SMILES string of the molecule is C[C@@H]1C/C(=N/NC(=O)c2ccccc2Cl)CC(C)(C)C1. The topological polar surface area (TPSA) is 41.5 Å². The van der Waals surface area contributed by atoms with E-state index in [0.29, 0.717) is 16.5 Å². The summed E-state index contributed by atoms with van der Waals surface area (Å²) in [5.41, 5.74) is 4.41. The molecular formula is C16H21ClN2O. The molecule has 0 spiro atoms. The molecular weight excluding hydrogens is 272 g/mol. The van der Waals surface area contributed by atoms with Gasteiger partial charge in [-0.25, -0.2) is 5.43 Å². The Morgan fingerprint density at radius 2 is 2.10 bits per heavy atom. The average molecular weight is 293 g/mol. The van der Waals surface area contributed by atoms with E-state index in [4.69, 9.17) is 11.6 Å². The van der Waals surface area contributed by atoms with Crippen molar-refractivity contribution in [3.8, 4) is 0 Å². The Morgan fingerprint density at radius 3 is 2.75 bits per heavy atom. The number of hydrogen-bond donors (Lipinski definition) is 1. The molecule has 3 nitrogen and oxygen atoms in total. The fourth-order valence-electron chi connectivity index (χ4n) is 3.04. The van der Waals surface area contributed by atoms with Gasteiger partial charge in [-0.15, -0.1) is 0 Å². The van der Waals surface area contributed by atoms with Gasteiger partial charge in [0.2, 0.25) is 0 Å². The number of nitrogens with zero attached hydrogens (tertiary/aromatic N) is 1. The number of amides is 1. The van der Waals surface area contributed by atoms with Crippen molar-refractivity contribution in [3.63, 3.8) is 0 Å². The lowest BCUT2D eigenvalue weighted by Crippen LogP contribution is -2.30. The standard InChI is InChI=1S/C16H21ClN2O/c1-11-8-12(10-16(2,3)9-11)18-19-15(20)13-6-4-5-7-14(13)17/h4-7,11H,8-10H2,1-3H3,(H,19,20)/b18-12-/t11-/m1/s1. The van der Waals surface area contributed by atoms with Crippen LogP contribution < -0.4 is 5.43 Å². The minimum Gasteiger partial charge on any atom is -0.267 e. The highest BCUT2D eigenvalue weighted by atomic mass is 35.5. The molecule has 108 valence electrons. The molecule has 0 bridgehead atoms. The van der Waals surface area contributed by atoms with Crippen LogP contribution in [0.2, 0.25) is 5.02 Å². The molecule has 0 radical (unpaired) electrons. The summed E-state index contributed by atoms with van der Waals surface area (Å²) in [5, 5.41) is 4.75. The van der Waals surface area contributed by atoms with E-state index in [0.717, 1.165) is 18.6 Å². The van der Waals surface area contributed by atoms with Gasteiger partial charge in [0.05, 0.1) is 10.6 Å². The van der Waals surface area contributed by atoms with Crippen LogP contribution in [-0.4, -0.2) is 11.6 Å². The van der Waals surface area contributed by atoms with Crippen LogP contribution in [0, 0.1) is 11.3 Å². The largest absolute Gasteiger partial charge is 0.272 e. The molecule has 2 rings (SSSR count). The number of carbonyl (C=O) groups is 1. The molecule has 0 aliphatic heterocycles. The molecule has 4 heteroatoms. The summed E-state index contributed by atoms with van der Waals surface area (Å²) < 4.78 is 0. The molecule has 0 aromatic heterocycles. The van der Waals surface area contributed by atoms with E-state index in [1.165, 1.54) is 6.42 Å². The molecule has 1 fully saturated rings. The Morgan fingerprint density at radius 1 is 1.40 bits per heavy atom. The maximum atomic E-state index is 12.0. The minimum atomic E-state index is -0.251. The van der Waals surface area contributed by atoms with Gasteiger partial charge in [-0.1, -0.05) is 44.5 Å². The van der Waals surface area contributed by atoms with Crippen LogP contribution in [-0.2, 0) is 0 Å². The third kappa shape index (κ3) is 3.83. The summed E-state index contributed by atoms with van der Waals surface area (Å²) in [6.45, 7) is 6.72. The first kappa shape index (κ1) is 15.0. The molecule has 1 aliphatic carbocycles. The Balaban J connectivity index is 2.06. The molecule has 1 atom stereocenters. The van der Waals surface area contributed by atoms with Crippen molar-refractivity contribution in [1.82, 2.24) is 5.43 Å². The summed E-state index contributed by atoms with van der Waals surface area (Å²) >= 11 is 6.00. The van der Waals surface area contributed by atoms with E-state index < -0.39 is 0 Å². The Kier molecular flexibility index (Phi) is 4.48. The first-order valence-corrected chi connectivity index (χ1v) is 7.35. The van der Waals surface area contributed by atoms with Gasteiger partial charge in [0, 0.05) is 5.71 Å². The maximum Gasteiger partial charge on any atom is 0.272 e. The second-order valence-electron chi connectivity index (χ2n) is 6.45. The number of hydrazone groups is 1. The number of halogens is 1. The molecule has 1 aliphatic rings. The number of rotatable bonds is 2. The maximum absolute atomic E-state index is 12.0. The van der Waals surface area contributed by atoms with Crippen molar-refractivity contribution >= 4 is 23.2 Å². The van der Waals surface area contributed by atoms with Crippen molar-refractivity contribution in [3.05, 3.63) is 34.9 Å². The van der Waals surface area contributed by atoms with E-state index in [-0.39, 0.29) is 11.3 Å². The van der Waals surface area contributed by atoms with Crippen molar-refractivity contribution < 1.29 is 4.79 Å². The zero-order valence-corrected chi connectivity index (χ0v) is 13.0. The summed E-state index contributed by atoms with van der Waals surface area (Å²) in [5.74, 6) is 0.355. The van der Waals surface area contributed by atoms with E-state index in [1.807, 2.05) is 0 Å². The van der Waals surface area contributed by atoms with Gasteiger partial charge in [0.25, 0.3) is 5.91 Å². The van der Waals surface area contributed by atoms with Crippen LogP contribution in [0.25, 0.3) is 0 Å². The highest BCUT2D eigenvalue weighted by molar-refractivity contribution is 6.33. The van der Waals surface area contributed by atoms with Gasteiger partial charge in [0.15, 0.2) is 0 Å². The first-order chi connectivity index (χ1) is 9.37. The van der Waals surface area contributed by atoms with Crippen LogP contribution >= 0.6 is 11.6 Å². The number of carbonyl (C=O) groups excluding carboxylic acids is 1. The predicted molar refractivity (Wildman–Crippen MR) is 83.1 cm³/mol.